The van der Waals surface area contributed by atoms with E-state index < -0.39 is 17.6 Å². The van der Waals surface area contributed by atoms with E-state index in [-0.39, 0.29) is 21.1 Å². The van der Waals surface area contributed by atoms with Crippen molar-refractivity contribution >= 4 is 32.8 Å². The van der Waals surface area contributed by atoms with Crippen LogP contribution in [0.15, 0.2) is 16.6 Å². The van der Waals surface area contributed by atoms with E-state index in [0.717, 1.165) is 12.1 Å². The molecule has 3 nitrogen and oxygen atoms in total. The van der Waals surface area contributed by atoms with Gasteiger partial charge >= 0.3 is 5.97 Å². The van der Waals surface area contributed by atoms with Gasteiger partial charge in [-0.2, -0.15) is 0 Å². The summed E-state index contributed by atoms with van der Waals surface area (Å²) in [6, 6.07) is 2.00. The van der Waals surface area contributed by atoms with Gasteiger partial charge in [-0.1, -0.05) is 0 Å². The number of nitrogens with one attached hydrogen (secondary N) is 1. The van der Waals surface area contributed by atoms with E-state index in [1.54, 1.807) is 0 Å². The summed E-state index contributed by atoms with van der Waals surface area (Å²) >= 11 is 3.01. The number of hydrogen-bond acceptors (Lipinski definition) is 1. The molecule has 0 saturated heterocycles. The van der Waals surface area contributed by atoms with E-state index in [0.29, 0.717) is 0 Å². The maximum Gasteiger partial charge on any atom is 0.352 e. The molecule has 1 aromatic heterocycles. The van der Waals surface area contributed by atoms with E-state index >= 15 is 0 Å². The van der Waals surface area contributed by atoms with Crippen molar-refractivity contribution in [1.82, 2.24) is 4.98 Å². The van der Waals surface area contributed by atoms with Gasteiger partial charge in [-0.3, -0.25) is 0 Å². The van der Waals surface area contributed by atoms with Gasteiger partial charge in [-0.05, 0) is 28.1 Å². The second-order valence-corrected chi connectivity index (χ2v) is 3.79. The molecule has 0 aliphatic carbocycles. The Balaban J connectivity index is 2.85. The summed E-state index contributed by atoms with van der Waals surface area (Å²) in [5.41, 5.74) is 0.0431. The van der Waals surface area contributed by atoms with Crippen molar-refractivity contribution < 1.29 is 18.7 Å². The van der Waals surface area contributed by atoms with Crippen LogP contribution in [0.3, 0.4) is 0 Å². The largest absolute Gasteiger partial charge is 0.477 e. The van der Waals surface area contributed by atoms with Crippen molar-refractivity contribution in [2.24, 2.45) is 0 Å². The number of H-pyrrole nitrogens is 1. The molecule has 0 radical (unpaired) electrons. The van der Waals surface area contributed by atoms with E-state index in [2.05, 4.69) is 20.9 Å². The van der Waals surface area contributed by atoms with E-state index in [1.165, 1.54) is 0 Å². The number of fused-ring (bicyclic) bond motifs is 1. The molecule has 0 fully saturated rings. The number of rotatable bonds is 1. The molecule has 0 saturated carbocycles. The zero-order chi connectivity index (χ0) is 11.2. The molecule has 2 aromatic rings. The highest BCUT2D eigenvalue weighted by Crippen LogP contribution is 2.28. The lowest BCUT2D eigenvalue weighted by Crippen LogP contribution is -1.94. The lowest BCUT2D eigenvalue weighted by Gasteiger charge is -1.97. The number of carbonyl (C=O) groups is 1. The van der Waals surface area contributed by atoms with E-state index in [9.17, 15) is 13.6 Å². The molecule has 0 amide bonds. The topological polar surface area (TPSA) is 53.1 Å². The molecule has 1 aromatic carbocycles. The molecule has 15 heavy (non-hydrogen) atoms. The molecule has 2 rings (SSSR count). The van der Waals surface area contributed by atoms with Crippen LogP contribution in [-0.2, 0) is 0 Å². The quantitative estimate of drug-likeness (QED) is 0.787. The zero-order valence-electron chi connectivity index (χ0n) is 7.14. The van der Waals surface area contributed by atoms with Gasteiger partial charge in [0.15, 0.2) is 11.6 Å². The summed E-state index contributed by atoms with van der Waals surface area (Å²) in [5, 5.41) is 8.59. The molecule has 0 atom stereocenters. The predicted octanol–water partition coefficient (Wildman–Crippen LogP) is 2.91. The highest BCUT2D eigenvalue weighted by atomic mass is 79.9. The molecular weight excluding hydrogens is 272 g/mol. The third kappa shape index (κ3) is 1.50. The molecule has 0 spiro atoms. The van der Waals surface area contributed by atoms with Crippen molar-refractivity contribution in [2.45, 2.75) is 0 Å². The molecule has 2 N–H and O–H groups in total. The fraction of sp³-hybridized carbons (Fsp3) is 0. The summed E-state index contributed by atoms with van der Waals surface area (Å²) in [6.45, 7) is 0. The van der Waals surface area contributed by atoms with Crippen molar-refractivity contribution in [1.29, 1.82) is 0 Å². The van der Waals surface area contributed by atoms with Crippen molar-refractivity contribution in [3.8, 4) is 0 Å². The number of aromatic nitrogens is 1. The van der Waals surface area contributed by atoms with Gasteiger partial charge in [-0.25, -0.2) is 13.6 Å². The first-order valence-corrected chi connectivity index (χ1v) is 4.69. The molecule has 0 unspecified atom stereocenters. The minimum absolute atomic E-state index is 0.0840. The zero-order valence-corrected chi connectivity index (χ0v) is 8.73. The Morgan fingerprint density at radius 1 is 1.40 bits per heavy atom. The average molecular weight is 276 g/mol. The summed E-state index contributed by atoms with van der Waals surface area (Å²) in [6.07, 6.45) is 0. The van der Waals surface area contributed by atoms with Gasteiger partial charge in [0.25, 0.3) is 0 Å². The number of aromatic carboxylic acids is 1. The Labute approximate surface area is 90.8 Å². The maximum absolute atomic E-state index is 13.2. The first-order chi connectivity index (χ1) is 7.00. The summed E-state index contributed by atoms with van der Waals surface area (Å²) in [5.74, 6) is -3.31. The molecular formula is C9H4BrF2NO2. The Hall–Kier alpha value is -1.43. The number of carboxylic acids is 1. The minimum Gasteiger partial charge on any atom is -0.477 e. The second kappa shape index (κ2) is 3.30. The lowest BCUT2D eigenvalue weighted by molar-refractivity contribution is 0.0691. The molecule has 1 heterocycles. The summed E-state index contributed by atoms with van der Waals surface area (Å²) in [7, 11) is 0. The third-order valence-electron chi connectivity index (χ3n) is 1.99. The van der Waals surface area contributed by atoms with Crippen LogP contribution in [0.1, 0.15) is 10.5 Å². The van der Waals surface area contributed by atoms with Crippen LogP contribution in [0, 0.1) is 11.6 Å². The van der Waals surface area contributed by atoms with Crippen LogP contribution in [0.4, 0.5) is 8.78 Å². The number of carboxylic acid groups (broad SMARTS) is 1. The number of benzene rings is 1. The second-order valence-electron chi connectivity index (χ2n) is 2.93. The summed E-state index contributed by atoms with van der Waals surface area (Å²) in [4.78, 5) is 13.1. The number of halogens is 3. The Morgan fingerprint density at radius 3 is 2.67 bits per heavy atom. The monoisotopic (exact) mass is 275 g/mol. The number of hydrogen-bond donors (Lipinski definition) is 2. The fourth-order valence-corrected chi connectivity index (χ4v) is 1.82. The predicted molar refractivity (Wildman–Crippen MR) is 52.9 cm³/mol. The van der Waals surface area contributed by atoms with Gasteiger partial charge in [-0.15, -0.1) is 0 Å². The van der Waals surface area contributed by atoms with Crippen LogP contribution in [0.2, 0.25) is 0 Å². The van der Waals surface area contributed by atoms with E-state index in [4.69, 9.17) is 5.11 Å². The van der Waals surface area contributed by atoms with Crippen molar-refractivity contribution in [3.63, 3.8) is 0 Å². The molecule has 0 aliphatic rings. The summed E-state index contributed by atoms with van der Waals surface area (Å²) < 4.78 is 26.5. The molecule has 6 heteroatoms. The van der Waals surface area contributed by atoms with Crippen molar-refractivity contribution in [3.05, 3.63) is 33.9 Å². The van der Waals surface area contributed by atoms with Gasteiger partial charge in [0.2, 0.25) is 0 Å². The fourth-order valence-electron chi connectivity index (χ4n) is 1.31. The van der Waals surface area contributed by atoms with Crippen LogP contribution in [-0.4, -0.2) is 16.1 Å². The maximum atomic E-state index is 13.2. The van der Waals surface area contributed by atoms with Crippen LogP contribution < -0.4 is 0 Å². The Morgan fingerprint density at radius 2 is 2.07 bits per heavy atom. The van der Waals surface area contributed by atoms with E-state index in [1.807, 2.05) is 0 Å². The van der Waals surface area contributed by atoms with Crippen LogP contribution >= 0.6 is 15.9 Å². The van der Waals surface area contributed by atoms with Gasteiger partial charge in [0.05, 0.1) is 5.52 Å². The first kappa shape index (κ1) is 10.1. The SMILES string of the molecule is O=C(O)c1cc2c(F)c(F)cc(Br)c2[nH]1. The standard InChI is InChI=1S/C9H4BrF2NO2/c10-4-2-5(11)7(12)3-1-6(9(14)15)13-8(3)4/h1-2,13H,(H,14,15). The van der Waals surface area contributed by atoms with Gasteiger partial charge in [0, 0.05) is 9.86 Å². The van der Waals surface area contributed by atoms with Crippen LogP contribution in [0.5, 0.6) is 0 Å². The molecule has 0 aliphatic heterocycles. The van der Waals surface area contributed by atoms with Crippen molar-refractivity contribution in [2.75, 3.05) is 0 Å². The smallest absolute Gasteiger partial charge is 0.352 e. The third-order valence-corrected chi connectivity index (χ3v) is 2.61. The highest BCUT2D eigenvalue weighted by molar-refractivity contribution is 9.10. The number of aromatic amines is 1. The Bertz CT molecular complexity index is 565. The normalized spacial score (nSPS) is 10.9. The first-order valence-electron chi connectivity index (χ1n) is 3.90. The van der Waals surface area contributed by atoms with Gasteiger partial charge in [0.1, 0.15) is 5.69 Å². The lowest BCUT2D eigenvalue weighted by atomic mass is 10.2. The minimum atomic E-state index is -1.22. The average Bonchev–Trinajstić information content (AvgIpc) is 2.59. The Kier molecular flexibility index (Phi) is 2.22. The van der Waals surface area contributed by atoms with Gasteiger partial charge < -0.3 is 10.1 Å². The van der Waals surface area contributed by atoms with Crippen LogP contribution in [0.25, 0.3) is 10.9 Å². The molecule has 0 bridgehead atoms. The molecule has 78 valence electrons. The highest BCUT2D eigenvalue weighted by Gasteiger charge is 2.16.